The Morgan fingerprint density at radius 2 is 1.76 bits per heavy atom. The van der Waals surface area contributed by atoms with Crippen molar-refractivity contribution < 1.29 is 18.9 Å². The summed E-state index contributed by atoms with van der Waals surface area (Å²) in [5, 5.41) is 11.9. The van der Waals surface area contributed by atoms with Gasteiger partial charge in [-0.2, -0.15) is 9.97 Å². The van der Waals surface area contributed by atoms with Crippen molar-refractivity contribution >= 4 is 34.3 Å². The highest BCUT2D eigenvalue weighted by Gasteiger charge is 2.16. The van der Waals surface area contributed by atoms with Gasteiger partial charge in [0.25, 0.3) is 0 Å². The van der Waals surface area contributed by atoms with Crippen molar-refractivity contribution in [2.24, 2.45) is 0 Å². The molecule has 250 valence electrons. The van der Waals surface area contributed by atoms with Gasteiger partial charge in [0.15, 0.2) is 16.6 Å². The Labute approximate surface area is 272 Å². The van der Waals surface area contributed by atoms with Crippen LogP contribution >= 0.6 is 12.2 Å². The first-order valence-corrected chi connectivity index (χ1v) is 15.8. The second-order valence-corrected chi connectivity index (χ2v) is 10.6. The summed E-state index contributed by atoms with van der Waals surface area (Å²) in [5.41, 5.74) is 14.3. The maximum absolute atomic E-state index is 12.6. The van der Waals surface area contributed by atoms with Crippen molar-refractivity contribution in [1.29, 1.82) is 0 Å². The Hall–Kier alpha value is -4.16. The van der Waals surface area contributed by atoms with Gasteiger partial charge in [0, 0.05) is 13.1 Å². The van der Waals surface area contributed by atoms with E-state index >= 15 is 0 Å². The minimum absolute atomic E-state index is 0.133. The van der Waals surface area contributed by atoms with Crippen LogP contribution in [0.1, 0.15) is 31.0 Å². The van der Waals surface area contributed by atoms with E-state index in [4.69, 9.17) is 36.9 Å². The second kappa shape index (κ2) is 19.4. The average molecular weight is 658 g/mol. The number of nitrogens with zero attached hydrogens (tertiary/aromatic N) is 6. The first kappa shape index (κ1) is 34.7. The molecule has 0 fully saturated rings. The number of hydrogen-bond donors (Lipinski definition) is 5. The molecule has 0 bridgehead atoms. The molecule has 4 aromatic rings. The smallest absolute Gasteiger partial charge is 0.328 e. The number of hydrogen-bond acceptors (Lipinski definition) is 12. The molecule has 0 saturated heterocycles. The Morgan fingerprint density at radius 1 is 1.00 bits per heavy atom. The highest BCUT2D eigenvalue weighted by atomic mass is 32.1. The number of aromatic nitrogens is 7. The van der Waals surface area contributed by atoms with Crippen molar-refractivity contribution in [1.82, 2.24) is 50.7 Å². The number of fused-ring (bicyclic) bond motifs is 1. The van der Waals surface area contributed by atoms with E-state index in [9.17, 15) is 4.79 Å². The van der Waals surface area contributed by atoms with E-state index in [1.54, 1.807) is 10.9 Å². The van der Waals surface area contributed by atoms with E-state index in [2.05, 4.69) is 60.5 Å². The standard InChI is InChI=1S/C29H43N11O5S/c1-2-3-13-45-27-34-25(30)24-26(35-27)40(29(41)33-24)21-23-20-39(38-36-23)12-15-43-17-19-44-18-16-42-14-11-31-28(46)37-32-10-9-22-7-5-4-6-8-22/h4-8,20,32H,2-3,9-19,21H2,1H3,(H,33,41)(H2,30,34,35)(H2,31,37,46). The van der Waals surface area contributed by atoms with Crippen LogP contribution in [0.15, 0.2) is 41.3 Å². The molecule has 46 heavy (non-hydrogen) atoms. The van der Waals surface area contributed by atoms with Gasteiger partial charge in [-0.15, -0.1) is 5.10 Å². The maximum Gasteiger partial charge on any atom is 0.328 e. The minimum atomic E-state index is -0.374. The van der Waals surface area contributed by atoms with E-state index in [-0.39, 0.29) is 24.1 Å². The van der Waals surface area contributed by atoms with E-state index < -0.39 is 0 Å². The molecule has 0 aliphatic heterocycles. The Morgan fingerprint density at radius 3 is 2.54 bits per heavy atom. The molecule has 0 aliphatic carbocycles. The number of rotatable bonds is 22. The number of benzene rings is 1. The molecule has 3 heterocycles. The molecule has 0 radical (unpaired) electrons. The lowest BCUT2D eigenvalue weighted by Gasteiger charge is -2.12. The van der Waals surface area contributed by atoms with Crippen LogP contribution in [0.5, 0.6) is 6.01 Å². The molecule has 6 N–H and O–H groups in total. The normalized spacial score (nSPS) is 11.2. The molecular weight excluding hydrogens is 614 g/mol. The fraction of sp³-hybridized carbons (Fsp3) is 0.517. The quantitative estimate of drug-likeness (QED) is 0.0452. The molecule has 0 amide bonds. The Kier molecular flexibility index (Phi) is 14.6. The third-order valence-corrected chi connectivity index (χ3v) is 6.84. The number of ether oxygens (including phenoxy) is 4. The number of aromatic amines is 1. The zero-order valence-corrected chi connectivity index (χ0v) is 26.9. The lowest BCUT2D eigenvalue weighted by molar-refractivity contribution is 0.0137. The van der Waals surface area contributed by atoms with Gasteiger partial charge in [-0.3, -0.25) is 9.99 Å². The largest absolute Gasteiger partial charge is 0.463 e. The van der Waals surface area contributed by atoms with Crippen LogP contribution in [0.25, 0.3) is 11.2 Å². The molecule has 17 heteroatoms. The summed E-state index contributed by atoms with van der Waals surface area (Å²) < 4.78 is 25.4. The van der Waals surface area contributed by atoms with Gasteiger partial charge >= 0.3 is 11.7 Å². The molecule has 0 unspecified atom stereocenters. The number of thiocarbonyl (C=S) groups is 1. The second-order valence-electron chi connectivity index (χ2n) is 10.2. The van der Waals surface area contributed by atoms with Gasteiger partial charge in [0.2, 0.25) is 0 Å². The Bertz CT molecular complexity index is 1530. The van der Waals surface area contributed by atoms with Gasteiger partial charge in [-0.25, -0.2) is 14.9 Å². The molecule has 1 aromatic carbocycles. The monoisotopic (exact) mass is 657 g/mol. The molecule has 4 rings (SSSR count). The molecule has 0 aliphatic rings. The highest BCUT2D eigenvalue weighted by molar-refractivity contribution is 7.80. The number of imidazole rings is 1. The van der Waals surface area contributed by atoms with Crippen molar-refractivity contribution in [2.75, 3.05) is 65.1 Å². The molecule has 0 atom stereocenters. The summed E-state index contributed by atoms with van der Waals surface area (Å²) in [5.74, 6) is 0.148. The molecule has 3 aromatic heterocycles. The Balaban J connectivity index is 1.01. The molecular formula is C29H43N11O5S. The van der Waals surface area contributed by atoms with E-state index in [0.29, 0.717) is 81.3 Å². The third kappa shape index (κ3) is 11.6. The fourth-order valence-electron chi connectivity index (χ4n) is 4.21. The first-order valence-electron chi connectivity index (χ1n) is 15.3. The highest BCUT2D eigenvalue weighted by Crippen LogP contribution is 2.18. The summed E-state index contributed by atoms with van der Waals surface area (Å²) in [6, 6.07) is 10.4. The first-order chi connectivity index (χ1) is 22.5. The predicted molar refractivity (Wildman–Crippen MR) is 176 cm³/mol. The van der Waals surface area contributed by atoms with Crippen LogP contribution in [0.2, 0.25) is 0 Å². The zero-order chi connectivity index (χ0) is 32.4. The van der Waals surface area contributed by atoms with Crippen LogP contribution in [-0.4, -0.2) is 99.0 Å². The average Bonchev–Trinajstić information content (AvgIpc) is 3.64. The van der Waals surface area contributed by atoms with E-state index in [1.807, 2.05) is 18.2 Å². The molecule has 0 saturated carbocycles. The fourth-order valence-corrected chi connectivity index (χ4v) is 4.38. The number of anilines is 1. The lowest BCUT2D eigenvalue weighted by atomic mass is 10.2. The van der Waals surface area contributed by atoms with Crippen LogP contribution in [-0.2, 0) is 33.7 Å². The number of nitrogens with one attached hydrogen (secondary N) is 4. The van der Waals surface area contributed by atoms with Crippen LogP contribution in [0.3, 0.4) is 0 Å². The topological polar surface area (TPSA) is 193 Å². The van der Waals surface area contributed by atoms with E-state index in [0.717, 1.165) is 25.8 Å². The van der Waals surface area contributed by atoms with E-state index in [1.165, 1.54) is 10.1 Å². The van der Waals surface area contributed by atoms with Gasteiger partial charge in [0.05, 0.1) is 65.5 Å². The summed E-state index contributed by atoms with van der Waals surface area (Å²) in [7, 11) is 0. The third-order valence-electron chi connectivity index (χ3n) is 6.59. The van der Waals surface area contributed by atoms with Gasteiger partial charge in [-0.1, -0.05) is 48.9 Å². The zero-order valence-electron chi connectivity index (χ0n) is 26.1. The summed E-state index contributed by atoms with van der Waals surface area (Å²) in [6.07, 6.45) is 4.50. The summed E-state index contributed by atoms with van der Waals surface area (Å²) >= 11 is 5.24. The minimum Gasteiger partial charge on any atom is -0.463 e. The number of unbranched alkanes of at least 4 members (excludes halogenated alkanes) is 1. The van der Waals surface area contributed by atoms with Crippen molar-refractivity contribution in [3.05, 3.63) is 58.3 Å². The maximum atomic E-state index is 12.6. The predicted octanol–water partition coefficient (Wildman–Crippen LogP) is 0.782. The van der Waals surface area contributed by atoms with Crippen LogP contribution in [0.4, 0.5) is 5.82 Å². The molecule has 16 nitrogen and oxygen atoms in total. The number of H-pyrrole nitrogens is 1. The number of nitrogens with two attached hydrogens (primary N) is 1. The van der Waals surface area contributed by atoms with Gasteiger partial charge in [0.1, 0.15) is 11.2 Å². The van der Waals surface area contributed by atoms with Crippen molar-refractivity contribution in [3.63, 3.8) is 0 Å². The number of hydrazine groups is 1. The lowest BCUT2D eigenvalue weighted by Crippen LogP contribution is -2.45. The van der Waals surface area contributed by atoms with Gasteiger partial charge in [-0.05, 0) is 30.6 Å². The number of nitrogen functional groups attached to an aromatic ring is 1. The van der Waals surface area contributed by atoms with Crippen LogP contribution < -0.4 is 32.3 Å². The van der Waals surface area contributed by atoms with Crippen molar-refractivity contribution in [3.8, 4) is 6.01 Å². The molecule has 0 spiro atoms. The summed E-state index contributed by atoms with van der Waals surface area (Å²) in [4.78, 5) is 23.8. The summed E-state index contributed by atoms with van der Waals surface area (Å²) in [6.45, 7) is 7.32. The van der Waals surface area contributed by atoms with Crippen LogP contribution in [0, 0.1) is 0 Å². The van der Waals surface area contributed by atoms with Gasteiger partial charge < -0.3 is 35.0 Å². The van der Waals surface area contributed by atoms with Crippen molar-refractivity contribution in [2.45, 2.75) is 39.3 Å². The SMILES string of the molecule is CCCCOc1nc(N)c2[nH]c(=O)n(Cc3cn(CCOCCOCCOCCNC(=S)NNCCc4ccccc4)nn3)c2n1.